The van der Waals surface area contributed by atoms with Gasteiger partial charge in [-0.2, -0.15) is 0 Å². The van der Waals surface area contributed by atoms with Crippen LogP contribution < -0.4 is 5.73 Å². The molecule has 0 saturated heterocycles. The molecule has 2 N–H and O–H groups in total. The van der Waals surface area contributed by atoms with E-state index >= 15 is 0 Å². The molecule has 1 aromatic carbocycles. The van der Waals surface area contributed by atoms with Crippen LogP contribution in [0.1, 0.15) is 44.7 Å². The molecule has 1 aliphatic carbocycles. The van der Waals surface area contributed by atoms with Gasteiger partial charge in [-0.3, -0.25) is 0 Å². The monoisotopic (exact) mass is 271 g/mol. The summed E-state index contributed by atoms with van der Waals surface area (Å²) < 4.78 is 1.97. The maximum absolute atomic E-state index is 6.20. The molecule has 1 heterocycles. The van der Waals surface area contributed by atoms with Crippen molar-refractivity contribution < 1.29 is 0 Å². The number of tetrazole rings is 1. The third-order valence-electron chi connectivity index (χ3n) is 4.55. The number of para-hydroxylation sites is 1. The lowest BCUT2D eigenvalue weighted by atomic mass is 9.87. The van der Waals surface area contributed by atoms with Gasteiger partial charge in [-0.25, -0.2) is 4.68 Å². The number of aryl methyl sites for hydroxylation is 1. The Bertz CT molecular complexity index is 629. The number of benzene rings is 1. The van der Waals surface area contributed by atoms with Crippen LogP contribution in [0, 0.1) is 12.3 Å². The molecule has 0 spiro atoms. The van der Waals surface area contributed by atoms with Gasteiger partial charge in [0.25, 0.3) is 0 Å². The van der Waals surface area contributed by atoms with E-state index < -0.39 is 0 Å². The summed E-state index contributed by atoms with van der Waals surface area (Å²) in [7, 11) is 0. The van der Waals surface area contributed by atoms with Gasteiger partial charge in [0.15, 0.2) is 5.82 Å². The van der Waals surface area contributed by atoms with E-state index in [1.54, 1.807) is 0 Å². The van der Waals surface area contributed by atoms with Crippen LogP contribution in [0.3, 0.4) is 0 Å². The molecule has 0 amide bonds. The molecule has 1 aromatic heterocycles. The molecule has 5 nitrogen and oxygen atoms in total. The standard InChI is InChI=1S/C15H21N5/c1-10-6-4-7-11(13(10)16)14-17-18-19-20(14)12-8-5-9-15(12,2)3/h4,6-7,12H,5,8-9,16H2,1-3H3. The molecule has 5 heteroatoms. The first-order valence-corrected chi connectivity index (χ1v) is 7.14. The van der Waals surface area contributed by atoms with E-state index in [2.05, 4.69) is 29.4 Å². The number of rotatable bonds is 2. The molecule has 0 aliphatic heterocycles. The van der Waals surface area contributed by atoms with Crippen molar-refractivity contribution in [1.29, 1.82) is 0 Å². The van der Waals surface area contributed by atoms with Gasteiger partial charge < -0.3 is 5.73 Å². The molecule has 20 heavy (non-hydrogen) atoms. The second-order valence-electron chi connectivity index (χ2n) is 6.38. The van der Waals surface area contributed by atoms with Gasteiger partial charge in [0.05, 0.1) is 6.04 Å². The zero-order valence-corrected chi connectivity index (χ0v) is 12.3. The lowest BCUT2D eigenvalue weighted by Crippen LogP contribution is -2.23. The fourth-order valence-corrected chi connectivity index (χ4v) is 3.22. The summed E-state index contributed by atoms with van der Waals surface area (Å²) in [6.07, 6.45) is 3.55. The van der Waals surface area contributed by atoms with Crippen molar-refractivity contribution in [1.82, 2.24) is 20.2 Å². The highest BCUT2D eigenvalue weighted by atomic mass is 15.6. The number of hydrogen-bond donors (Lipinski definition) is 1. The normalized spacial score (nSPS) is 21.2. The number of nitrogens with zero attached hydrogens (tertiary/aromatic N) is 4. The smallest absolute Gasteiger partial charge is 0.184 e. The van der Waals surface area contributed by atoms with Gasteiger partial charge in [-0.05, 0) is 47.2 Å². The number of nitrogen functional groups attached to an aromatic ring is 1. The minimum Gasteiger partial charge on any atom is -0.398 e. The number of aromatic nitrogens is 4. The Morgan fingerprint density at radius 3 is 2.85 bits per heavy atom. The Balaban J connectivity index is 2.09. The van der Waals surface area contributed by atoms with Crippen LogP contribution in [-0.2, 0) is 0 Å². The van der Waals surface area contributed by atoms with E-state index in [0.717, 1.165) is 29.1 Å². The summed E-state index contributed by atoms with van der Waals surface area (Å²) in [6.45, 7) is 6.58. The quantitative estimate of drug-likeness (QED) is 0.852. The van der Waals surface area contributed by atoms with Gasteiger partial charge in [0, 0.05) is 11.3 Å². The minimum absolute atomic E-state index is 0.225. The summed E-state index contributed by atoms with van der Waals surface area (Å²) in [5.74, 6) is 0.783. The van der Waals surface area contributed by atoms with Gasteiger partial charge in [-0.1, -0.05) is 32.4 Å². The molecule has 2 aromatic rings. The molecule has 1 aliphatic rings. The van der Waals surface area contributed by atoms with E-state index in [1.165, 1.54) is 12.8 Å². The fraction of sp³-hybridized carbons (Fsp3) is 0.533. The summed E-state index contributed by atoms with van der Waals surface area (Å²) in [5.41, 5.74) is 9.17. The zero-order valence-electron chi connectivity index (χ0n) is 12.3. The first kappa shape index (κ1) is 13.1. The average molecular weight is 271 g/mol. The molecule has 1 unspecified atom stereocenters. The van der Waals surface area contributed by atoms with Crippen molar-refractivity contribution in [3.63, 3.8) is 0 Å². The third-order valence-corrected chi connectivity index (χ3v) is 4.55. The Kier molecular flexibility index (Phi) is 3.00. The number of anilines is 1. The van der Waals surface area contributed by atoms with Crippen LogP contribution in [-0.4, -0.2) is 20.2 Å². The maximum Gasteiger partial charge on any atom is 0.184 e. The second kappa shape index (κ2) is 4.58. The van der Waals surface area contributed by atoms with E-state index in [4.69, 9.17) is 5.73 Å². The summed E-state index contributed by atoms with van der Waals surface area (Å²) in [6, 6.07) is 6.34. The van der Waals surface area contributed by atoms with Crippen molar-refractivity contribution in [3.8, 4) is 11.4 Å². The Hall–Kier alpha value is -1.91. The van der Waals surface area contributed by atoms with Crippen LogP contribution in [0.5, 0.6) is 0 Å². The first-order chi connectivity index (χ1) is 9.50. The summed E-state index contributed by atoms with van der Waals surface area (Å²) in [4.78, 5) is 0. The molecular weight excluding hydrogens is 250 g/mol. The molecule has 106 valence electrons. The maximum atomic E-state index is 6.20. The van der Waals surface area contributed by atoms with Crippen molar-refractivity contribution in [3.05, 3.63) is 23.8 Å². The van der Waals surface area contributed by atoms with Gasteiger partial charge in [-0.15, -0.1) is 5.10 Å². The Labute approximate surface area is 119 Å². The fourth-order valence-electron chi connectivity index (χ4n) is 3.22. The van der Waals surface area contributed by atoms with Crippen molar-refractivity contribution >= 4 is 5.69 Å². The van der Waals surface area contributed by atoms with Gasteiger partial charge in [0.2, 0.25) is 0 Å². The van der Waals surface area contributed by atoms with E-state index in [-0.39, 0.29) is 5.41 Å². The van der Waals surface area contributed by atoms with Crippen LogP contribution in [0.25, 0.3) is 11.4 Å². The molecule has 1 fully saturated rings. The van der Waals surface area contributed by atoms with Crippen LogP contribution in [0.4, 0.5) is 5.69 Å². The highest BCUT2D eigenvalue weighted by Crippen LogP contribution is 2.46. The highest BCUT2D eigenvalue weighted by molar-refractivity contribution is 5.74. The van der Waals surface area contributed by atoms with E-state index in [0.29, 0.717) is 6.04 Å². The Morgan fingerprint density at radius 2 is 2.15 bits per heavy atom. The van der Waals surface area contributed by atoms with Crippen LogP contribution in [0.15, 0.2) is 18.2 Å². The first-order valence-electron chi connectivity index (χ1n) is 7.14. The predicted molar refractivity (Wildman–Crippen MR) is 79.1 cm³/mol. The van der Waals surface area contributed by atoms with Crippen molar-refractivity contribution in [2.45, 2.75) is 46.1 Å². The minimum atomic E-state index is 0.225. The topological polar surface area (TPSA) is 69.6 Å². The van der Waals surface area contributed by atoms with E-state index in [9.17, 15) is 0 Å². The molecule has 0 bridgehead atoms. The van der Waals surface area contributed by atoms with E-state index in [1.807, 2.05) is 29.8 Å². The molecule has 1 atom stereocenters. The molecule has 1 saturated carbocycles. The molecular formula is C15H21N5. The SMILES string of the molecule is Cc1cccc(-c2nnnn2C2CCCC2(C)C)c1N. The summed E-state index contributed by atoms with van der Waals surface area (Å²) >= 11 is 0. The highest BCUT2D eigenvalue weighted by Gasteiger charge is 2.38. The number of hydrogen-bond acceptors (Lipinski definition) is 4. The summed E-state index contributed by atoms with van der Waals surface area (Å²) in [5, 5.41) is 12.3. The van der Waals surface area contributed by atoms with Gasteiger partial charge in [0.1, 0.15) is 0 Å². The third kappa shape index (κ3) is 1.97. The van der Waals surface area contributed by atoms with Crippen LogP contribution in [0.2, 0.25) is 0 Å². The molecule has 3 rings (SSSR count). The van der Waals surface area contributed by atoms with Crippen molar-refractivity contribution in [2.75, 3.05) is 5.73 Å². The molecule has 0 radical (unpaired) electrons. The lowest BCUT2D eigenvalue weighted by molar-refractivity contribution is 0.242. The lowest BCUT2D eigenvalue weighted by Gasteiger charge is -2.27. The average Bonchev–Trinajstić information content (AvgIpc) is 2.98. The zero-order chi connectivity index (χ0) is 14.3. The van der Waals surface area contributed by atoms with Crippen LogP contribution >= 0.6 is 0 Å². The predicted octanol–water partition coefficient (Wildman–Crippen LogP) is 2.98. The van der Waals surface area contributed by atoms with Crippen molar-refractivity contribution in [2.24, 2.45) is 5.41 Å². The largest absolute Gasteiger partial charge is 0.398 e. The number of nitrogens with two attached hydrogens (primary N) is 1. The second-order valence-corrected chi connectivity index (χ2v) is 6.38. The van der Waals surface area contributed by atoms with Gasteiger partial charge >= 0.3 is 0 Å². The Morgan fingerprint density at radius 1 is 1.35 bits per heavy atom.